The SMILES string of the molecule is CC1=CC(C)C(C2C(=C(C#N)C#N)C(c3ccc(C#N)cc3)=C(C(F)(F)F)C2(C)C(F)(F)F)C=C1. The van der Waals surface area contributed by atoms with E-state index in [2.05, 4.69) is 0 Å². The second-order valence-corrected chi connectivity index (χ2v) is 8.83. The molecule has 0 aliphatic heterocycles. The Morgan fingerprint density at radius 2 is 1.54 bits per heavy atom. The second kappa shape index (κ2) is 8.78. The molecule has 9 heteroatoms. The minimum Gasteiger partial charge on any atom is -0.192 e. The monoisotopic (exact) mass is 487 g/mol. The summed E-state index contributed by atoms with van der Waals surface area (Å²) < 4.78 is 88.1. The molecule has 4 unspecified atom stereocenters. The fourth-order valence-corrected chi connectivity index (χ4v) is 5.20. The van der Waals surface area contributed by atoms with E-state index >= 15 is 0 Å². The molecule has 0 amide bonds. The minimum atomic E-state index is -5.43. The van der Waals surface area contributed by atoms with Gasteiger partial charge in [-0.1, -0.05) is 42.9 Å². The van der Waals surface area contributed by atoms with Gasteiger partial charge in [-0.05, 0) is 54.5 Å². The van der Waals surface area contributed by atoms with Gasteiger partial charge in [0, 0.05) is 5.92 Å². The van der Waals surface area contributed by atoms with Crippen molar-refractivity contribution in [3.63, 3.8) is 0 Å². The molecule has 0 N–H and O–H groups in total. The van der Waals surface area contributed by atoms with E-state index in [1.54, 1.807) is 26.0 Å². The van der Waals surface area contributed by atoms with Crippen molar-refractivity contribution in [3.05, 3.63) is 75.9 Å². The topological polar surface area (TPSA) is 71.4 Å². The maximum Gasteiger partial charge on any atom is 0.414 e. The Labute approximate surface area is 198 Å². The van der Waals surface area contributed by atoms with Crippen molar-refractivity contribution < 1.29 is 26.3 Å². The van der Waals surface area contributed by atoms with Gasteiger partial charge in [0.25, 0.3) is 0 Å². The van der Waals surface area contributed by atoms with Gasteiger partial charge in [-0.3, -0.25) is 0 Å². The molecule has 1 aromatic carbocycles. The van der Waals surface area contributed by atoms with Gasteiger partial charge in [-0.15, -0.1) is 0 Å². The summed E-state index contributed by atoms with van der Waals surface area (Å²) in [6.07, 6.45) is -6.19. The zero-order valence-corrected chi connectivity index (χ0v) is 18.9. The molecule has 0 fully saturated rings. The van der Waals surface area contributed by atoms with Gasteiger partial charge >= 0.3 is 12.4 Å². The highest BCUT2D eigenvalue weighted by Crippen LogP contribution is 2.67. The first-order chi connectivity index (χ1) is 16.2. The number of allylic oxidation sites excluding steroid dienone is 8. The van der Waals surface area contributed by atoms with E-state index in [4.69, 9.17) is 5.26 Å². The first-order valence-electron chi connectivity index (χ1n) is 10.5. The third-order valence-corrected chi connectivity index (χ3v) is 6.74. The van der Waals surface area contributed by atoms with E-state index in [9.17, 15) is 36.9 Å². The number of hydrogen-bond donors (Lipinski definition) is 0. The molecule has 1 aromatic rings. The van der Waals surface area contributed by atoms with Crippen LogP contribution in [0.4, 0.5) is 26.3 Å². The summed E-state index contributed by atoms with van der Waals surface area (Å²) in [5.41, 5.74) is -6.96. The summed E-state index contributed by atoms with van der Waals surface area (Å²) >= 11 is 0. The van der Waals surface area contributed by atoms with Crippen LogP contribution in [0.3, 0.4) is 0 Å². The fourth-order valence-electron chi connectivity index (χ4n) is 5.20. The van der Waals surface area contributed by atoms with Crippen LogP contribution in [0.1, 0.15) is 31.9 Å². The predicted molar refractivity (Wildman–Crippen MR) is 116 cm³/mol. The minimum absolute atomic E-state index is 0.0896. The van der Waals surface area contributed by atoms with Gasteiger partial charge in [0.15, 0.2) is 0 Å². The average molecular weight is 487 g/mol. The summed E-state index contributed by atoms with van der Waals surface area (Å²) in [5.74, 6) is -3.57. The van der Waals surface area contributed by atoms with Crippen LogP contribution < -0.4 is 0 Å². The third-order valence-electron chi connectivity index (χ3n) is 6.74. The zero-order valence-electron chi connectivity index (χ0n) is 18.9. The Hall–Kier alpha value is -3.77. The molecular formula is C26H19F6N3. The van der Waals surface area contributed by atoms with Crippen molar-refractivity contribution in [3.8, 4) is 18.2 Å². The standard InChI is InChI=1S/C26H19F6N3/c1-14-4-9-19(15(2)10-14)22-20(18(12-34)13-35)21(17-7-5-16(11-33)6-8-17)23(25(27,28)29)24(22,3)26(30,31)32/h4-10,15,19,22H,1-3H3. The molecule has 0 spiro atoms. The quantitative estimate of drug-likeness (QED) is 0.328. The lowest BCUT2D eigenvalue weighted by Crippen LogP contribution is -2.48. The molecule has 0 aromatic heterocycles. The van der Waals surface area contributed by atoms with Crippen LogP contribution in [0.25, 0.3) is 5.57 Å². The molecule has 2 aliphatic rings. The first kappa shape index (κ1) is 25.8. The largest absolute Gasteiger partial charge is 0.414 e. The van der Waals surface area contributed by atoms with Crippen molar-refractivity contribution in [2.75, 3.05) is 0 Å². The average Bonchev–Trinajstić information content (AvgIpc) is 3.05. The van der Waals surface area contributed by atoms with Gasteiger partial charge in [-0.2, -0.15) is 42.1 Å². The van der Waals surface area contributed by atoms with Crippen molar-refractivity contribution in [1.82, 2.24) is 0 Å². The zero-order chi connectivity index (χ0) is 26.3. The van der Waals surface area contributed by atoms with Crippen molar-refractivity contribution >= 4 is 5.57 Å². The van der Waals surface area contributed by atoms with E-state index < -0.39 is 57.8 Å². The molecule has 180 valence electrons. The third kappa shape index (κ3) is 4.15. The van der Waals surface area contributed by atoms with E-state index in [-0.39, 0.29) is 11.1 Å². The fraction of sp³-hybridized carbons (Fsp3) is 0.346. The lowest BCUT2D eigenvalue weighted by atomic mass is 9.63. The molecule has 3 nitrogen and oxygen atoms in total. The second-order valence-electron chi connectivity index (χ2n) is 8.83. The molecule has 3 rings (SSSR count). The van der Waals surface area contributed by atoms with E-state index in [1.165, 1.54) is 36.4 Å². The van der Waals surface area contributed by atoms with Gasteiger partial charge < -0.3 is 0 Å². The lowest BCUT2D eigenvalue weighted by molar-refractivity contribution is -0.237. The highest BCUT2D eigenvalue weighted by atomic mass is 19.4. The number of rotatable bonds is 2. The number of nitrogens with zero attached hydrogens (tertiary/aromatic N) is 3. The van der Waals surface area contributed by atoms with Crippen LogP contribution in [0.5, 0.6) is 0 Å². The molecular weight excluding hydrogens is 468 g/mol. The number of hydrogen-bond acceptors (Lipinski definition) is 3. The maximum atomic E-state index is 14.8. The molecule has 0 saturated heterocycles. The molecule has 0 radical (unpaired) electrons. The normalized spacial score (nSPS) is 26.6. The summed E-state index contributed by atoms with van der Waals surface area (Å²) in [5, 5.41) is 28.3. The number of halogens is 6. The Kier molecular flexibility index (Phi) is 6.49. The smallest absolute Gasteiger partial charge is 0.192 e. The number of benzene rings is 1. The Morgan fingerprint density at radius 1 is 0.971 bits per heavy atom. The van der Waals surface area contributed by atoms with Crippen LogP contribution in [0, 0.1) is 57.2 Å². The van der Waals surface area contributed by atoms with Crippen LogP contribution >= 0.6 is 0 Å². The Morgan fingerprint density at radius 3 is 1.97 bits per heavy atom. The summed E-state index contributed by atoms with van der Waals surface area (Å²) in [4.78, 5) is 0. The number of nitriles is 3. The van der Waals surface area contributed by atoms with E-state index in [1.807, 2.05) is 0 Å². The van der Waals surface area contributed by atoms with Crippen molar-refractivity contribution in [1.29, 1.82) is 15.8 Å². The summed E-state index contributed by atoms with van der Waals surface area (Å²) in [6, 6.07) is 9.43. The van der Waals surface area contributed by atoms with Gasteiger partial charge in [0.1, 0.15) is 23.1 Å². The lowest BCUT2D eigenvalue weighted by Gasteiger charge is -2.42. The molecule has 0 heterocycles. The maximum absolute atomic E-state index is 14.8. The van der Waals surface area contributed by atoms with Crippen LogP contribution in [-0.2, 0) is 0 Å². The molecule has 35 heavy (non-hydrogen) atoms. The summed E-state index contributed by atoms with van der Waals surface area (Å²) in [7, 11) is 0. The molecule has 4 atom stereocenters. The highest BCUT2D eigenvalue weighted by molar-refractivity contribution is 5.90. The van der Waals surface area contributed by atoms with E-state index in [0.29, 0.717) is 6.92 Å². The van der Waals surface area contributed by atoms with Gasteiger partial charge in [-0.25, -0.2) is 0 Å². The Balaban J connectivity index is 2.54. The molecule has 0 saturated carbocycles. The number of alkyl halides is 6. The van der Waals surface area contributed by atoms with Crippen LogP contribution in [-0.4, -0.2) is 12.4 Å². The first-order valence-corrected chi connectivity index (χ1v) is 10.5. The Bertz CT molecular complexity index is 1270. The predicted octanol–water partition coefficient (Wildman–Crippen LogP) is 7.18. The molecule has 2 aliphatic carbocycles. The van der Waals surface area contributed by atoms with Crippen molar-refractivity contribution in [2.45, 2.75) is 33.1 Å². The molecule has 0 bridgehead atoms. The van der Waals surface area contributed by atoms with Crippen molar-refractivity contribution in [2.24, 2.45) is 23.2 Å². The van der Waals surface area contributed by atoms with Gasteiger partial charge in [0.05, 0.1) is 17.2 Å². The highest BCUT2D eigenvalue weighted by Gasteiger charge is 2.70. The van der Waals surface area contributed by atoms with Crippen LogP contribution in [0.2, 0.25) is 0 Å². The summed E-state index contributed by atoms with van der Waals surface area (Å²) in [6.45, 7) is 3.81. The van der Waals surface area contributed by atoms with E-state index in [0.717, 1.165) is 17.7 Å². The van der Waals surface area contributed by atoms with Crippen LogP contribution in [0.15, 0.2) is 64.8 Å². The van der Waals surface area contributed by atoms with Gasteiger partial charge in [0.2, 0.25) is 0 Å².